The maximum atomic E-state index is 13.0. The van der Waals surface area contributed by atoms with Crippen molar-refractivity contribution in [2.45, 2.75) is 19.7 Å². The second-order valence-electron chi connectivity index (χ2n) is 4.80. The monoisotopic (exact) mass is 304 g/mol. The maximum absolute atomic E-state index is 13.0. The lowest BCUT2D eigenvalue weighted by molar-refractivity contribution is -0.138. The number of benzene rings is 1. The van der Waals surface area contributed by atoms with Crippen LogP contribution in [0, 0.1) is 0 Å². The van der Waals surface area contributed by atoms with E-state index in [1.807, 2.05) is 0 Å². The molecule has 1 N–H and O–H groups in total. The van der Waals surface area contributed by atoms with E-state index in [9.17, 15) is 18.0 Å². The number of aliphatic hydroxyl groups excluding tert-OH is 1. The van der Waals surface area contributed by atoms with Crippen molar-refractivity contribution in [3.63, 3.8) is 0 Å². The minimum atomic E-state index is -4.54. The molecular weight excluding hydrogens is 285 g/mol. The van der Waals surface area contributed by atoms with Gasteiger partial charge in [0.1, 0.15) is 0 Å². The van der Waals surface area contributed by atoms with Gasteiger partial charge in [-0.05, 0) is 24.6 Å². The number of hydrogen-bond acceptors (Lipinski definition) is 3. The molecule has 4 nitrogen and oxygen atoms in total. The average molecular weight is 304 g/mol. The van der Waals surface area contributed by atoms with Crippen LogP contribution in [0.5, 0.6) is 0 Å². The Kier molecular flexibility index (Phi) is 5.60. The zero-order chi connectivity index (χ0) is 16.2. The molecule has 1 rings (SSSR count). The van der Waals surface area contributed by atoms with Gasteiger partial charge in [-0.25, -0.2) is 0 Å². The fourth-order valence-corrected chi connectivity index (χ4v) is 1.85. The molecule has 0 saturated heterocycles. The van der Waals surface area contributed by atoms with Gasteiger partial charge in [0, 0.05) is 26.3 Å². The van der Waals surface area contributed by atoms with Crippen molar-refractivity contribution in [1.82, 2.24) is 4.90 Å². The fraction of sp³-hybridized carbons (Fsp3) is 0.500. The summed E-state index contributed by atoms with van der Waals surface area (Å²) < 4.78 is 38.9. The van der Waals surface area contributed by atoms with Crippen molar-refractivity contribution in [3.8, 4) is 0 Å². The molecule has 0 bridgehead atoms. The third-order valence-corrected chi connectivity index (χ3v) is 3.14. The second-order valence-corrected chi connectivity index (χ2v) is 4.80. The number of hydrogen-bond donors (Lipinski definition) is 1. The molecule has 0 aliphatic rings. The first-order valence-corrected chi connectivity index (χ1v) is 6.46. The molecule has 118 valence electrons. The van der Waals surface area contributed by atoms with E-state index in [2.05, 4.69) is 0 Å². The molecule has 0 aliphatic carbocycles. The molecule has 0 aliphatic heterocycles. The van der Waals surface area contributed by atoms with Gasteiger partial charge in [-0.1, -0.05) is 6.07 Å². The molecule has 0 unspecified atom stereocenters. The first kappa shape index (κ1) is 17.3. The Bertz CT molecular complexity index is 501. The number of alkyl halides is 3. The van der Waals surface area contributed by atoms with Gasteiger partial charge >= 0.3 is 6.18 Å². The van der Waals surface area contributed by atoms with Crippen LogP contribution in [0.15, 0.2) is 18.2 Å². The molecular formula is C14H19F3N2O2. The van der Waals surface area contributed by atoms with Gasteiger partial charge in [0.2, 0.25) is 5.91 Å². The highest BCUT2D eigenvalue weighted by Gasteiger charge is 2.33. The predicted octanol–water partition coefficient (Wildman–Crippen LogP) is 2.11. The fourth-order valence-electron chi connectivity index (χ4n) is 1.85. The molecule has 0 aromatic heterocycles. The number of carbonyl (C=O) groups is 1. The molecule has 0 atom stereocenters. The van der Waals surface area contributed by atoms with Gasteiger partial charge in [0.25, 0.3) is 0 Å². The maximum Gasteiger partial charge on any atom is 0.416 e. The first-order valence-electron chi connectivity index (χ1n) is 6.46. The van der Waals surface area contributed by atoms with E-state index in [0.29, 0.717) is 12.2 Å². The van der Waals surface area contributed by atoms with Crippen LogP contribution in [0.4, 0.5) is 18.9 Å². The number of aliphatic hydroxyl groups is 1. The summed E-state index contributed by atoms with van der Waals surface area (Å²) in [5.74, 6) is -0.198. The summed E-state index contributed by atoms with van der Waals surface area (Å²) in [6.45, 7) is 1.47. The highest BCUT2D eigenvalue weighted by molar-refractivity contribution is 5.81. The van der Waals surface area contributed by atoms with Gasteiger partial charge in [-0.2, -0.15) is 13.2 Å². The van der Waals surface area contributed by atoms with Crippen molar-refractivity contribution < 1.29 is 23.1 Å². The Balaban J connectivity index is 3.14. The summed E-state index contributed by atoms with van der Waals surface area (Å²) in [5.41, 5.74) is -0.753. The van der Waals surface area contributed by atoms with Crippen LogP contribution >= 0.6 is 0 Å². The molecule has 1 amide bonds. The summed E-state index contributed by atoms with van der Waals surface area (Å²) in [6.07, 6.45) is -4.54. The highest BCUT2D eigenvalue weighted by atomic mass is 19.4. The largest absolute Gasteiger partial charge is 0.416 e. The van der Waals surface area contributed by atoms with Crippen molar-refractivity contribution in [1.29, 1.82) is 0 Å². The SMILES string of the molecule is CCN(CC(=O)N(C)C)c1ccc(CO)c(C(F)(F)F)c1. The molecule has 0 spiro atoms. The van der Waals surface area contributed by atoms with Gasteiger partial charge in [-0.15, -0.1) is 0 Å². The second kappa shape index (κ2) is 6.80. The standard InChI is InChI=1S/C14H19F3N2O2/c1-4-19(8-13(21)18(2)3)11-6-5-10(9-20)12(7-11)14(15,16)17/h5-7,20H,4,8-9H2,1-3H3. The minimum Gasteiger partial charge on any atom is -0.392 e. The van der Waals surface area contributed by atoms with E-state index < -0.39 is 18.3 Å². The number of carbonyl (C=O) groups excluding carboxylic acids is 1. The Morgan fingerprint density at radius 1 is 1.29 bits per heavy atom. The predicted molar refractivity (Wildman–Crippen MR) is 73.9 cm³/mol. The van der Waals surface area contributed by atoms with Gasteiger partial charge in [0.05, 0.1) is 18.7 Å². The Labute approximate surface area is 121 Å². The van der Waals surface area contributed by atoms with Gasteiger partial charge in [-0.3, -0.25) is 4.79 Å². The van der Waals surface area contributed by atoms with Crippen LogP contribution in [0.2, 0.25) is 0 Å². The molecule has 7 heteroatoms. The van der Waals surface area contributed by atoms with E-state index in [-0.39, 0.29) is 18.0 Å². The van der Waals surface area contributed by atoms with Crippen LogP contribution in [0.3, 0.4) is 0 Å². The lowest BCUT2D eigenvalue weighted by Crippen LogP contribution is -2.36. The number of halogens is 3. The first-order chi connectivity index (χ1) is 9.70. The van der Waals surface area contributed by atoms with E-state index in [4.69, 9.17) is 5.11 Å². The van der Waals surface area contributed by atoms with E-state index in [1.54, 1.807) is 25.9 Å². The van der Waals surface area contributed by atoms with Crippen LogP contribution in [0.1, 0.15) is 18.1 Å². The Morgan fingerprint density at radius 3 is 2.33 bits per heavy atom. The number of anilines is 1. The number of nitrogens with zero attached hydrogens (tertiary/aromatic N) is 2. The summed E-state index contributed by atoms with van der Waals surface area (Å²) in [5, 5.41) is 9.01. The zero-order valence-corrected chi connectivity index (χ0v) is 12.2. The number of likely N-dealkylation sites (N-methyl/N-ethyl adjacent to an activating group) is 2. The highest BCUT2D eigenvalue weighted by Crippen LogP contribution is 2.34. The molecule has 1 aromatic rings. The molecule has 0 heterocycles. The summed E-state index contributed by atoms with van der Waals surface area (Å²) in [7, 11) is 3.18. The average Bonchev–Trinajstić information content (AvgIpc) is 2.42. The molecule has 1 aromatic carbocycles. The van der Waals surface area contributed by atoms with Crippen LogP contribution in [-0.2, 0) is 17.6 Å². The number of amides is 1. The molecule has 0 fully saturated rings. The van der Waals surface area contributed by atoms with Crippen molar-refractivity contribution in [2.24, 2.45) is 0 Å². The lowest BCUT2D eigenvalue weighted by Gasteiger charge is -2.25. The Hall–Kier alpha value is -1.76. The molecule has 21 heavy (non-hydrogen) atoms. The van der Waals surface area contributed by atoms with Crippen molar-refractivity contribution in [3.05, 3.63) is 29.3 Å². The normalized spacial score (nSPS) is 11.4. The minimum absolute atomic E-state index is 0.000725. The topological polar surface area (TPSA) is 43.8 Å². The zero-order valence-electron chi connectivity index (χ0n) is 12.2. The van der Waals surface area contributed by atoms with Gasteiger partial charge in [0.15, 0.2) is 0 Å². The van der Waals surface area contributed by atoms with Crippen LogP contribution < -0.4 is 4.90 Å². The summed E-state index contributed by atoms with van der Waals surface area (Å²) in [6, 6.07) is 3.69. The van der Waals surface area contributed by atoms with Crippen molar-refractivity contribution >= 4 is 11.6 Å². The van der Waals surface area contributed by atoms with Crippen molar-refractivity contribution in [2.75, 3.05) is 32.1 Å². The van der Waals surface area contributed by atoms with E-state index in [0.717, 1.165) is 6.07 Å². The third kappa shape index (κ3) is 4.35. The quantitative estimate of drug-likeness (QED) is 0.906. The van der Waals surface area contributed by atoms with Crippen LogP contribution in [0.25, 0.3) is 0 Å². The molecule has 0 saturated carbocycles. The van der Waals surface area contributed by atoms with E-state index >= 15 is 0 Å². The third-order valence-electron chi connectivity index (χ3n) is 3.14. The molecule has 0 radical (unpaired) electrons. The summed E-state index contributed by atoms with van der Waals surface area (Å²) >= 11 is 0. The lowest BCUT2D eigenvalue weighted by atomic mass is 10.1. The number of rotatable bonds is 5. The van der Waals surface area contributed by atoms with E-state index in [1.165, 1.54) is 17.0 Å². The van der Waals surface area contributed by atoms with Gasteiger partial charge < -0.3 is 14.9 Å². The summed E-state index contributed by atoms with van der Waals surface area (Å²) in [4.78, 5) is 14.7. The smallest absolute Gasteiger partial charge is 0.392 e. The van der Waals surface area contributed by atoms with Crippen LogP contribution in [-0.4, -0.2) is 43.1 Å². The Morgan fingerprint density at radius 2 is 1.90 bits per heavy atom.